The Bertz CT molecular complexity index is 1260. The van der Waals surface area contributed by atoms with Crippen molar-refractivity contribution in [2.24, 2.45) is 0 Å². The maximum atomic E-state index is 13.1. The zero-order chi connectivity index (χ0) is 26.4. The van der Waals surface area contributed by atoms with E-state index in [1.807, 2.05) is 12.3 Å². The van der Waals surface area contributed by atoms with Gasteiger partial charge in [-0.3, -0.25) is 14.7 Å². The molecule has 1 saturated heterocycles. The topological polar surface area (TPSA) is 93.7 Å². The van der Waals surface area contributed by atoms with Crippen molar-refractivity contribution in [2.45, 2.75) is 64.8 Å². The summed E-state index contributed by atoms with van der Waals surface area (Å²) in [5.41, 5.74) is 2.79. The third kappa shape index (κ3) is 5.53. The second-order valence-electron chi connectivity index (χ2n) is 9.70. The van der Waals surface area contributed by atoms with Gasteiger partial charge in [-0.2, -0.15) is 0 Å². The number of urea groups is 1. The van der Waals surface area contributed by atoms with Gasteiger partial charge >= 0.3 is 6.03 Å². The summed E-state index contributed by atoms with van der Waals surface area (Å²) in [4.78, 5) is 35.8. The first kappa shape index (κ1) is 26.4. The van der Waals surface area contributed by atoms with E-state index in [4.69, 9.17) is 9.47 Å². The Morgan fingerprint density at radius 1 is 1.03 bits per heavy atom. The molecule has 0 spiro atoms. The smallest absolute Gasteiger partial charge is 0.325 e. The summed E-state index contributed by atoms with van der Waals surface area (Å²) in [6.45, 7) is 6.95. The minimum Gasteiger partial charge on any atom is -0.493 e. The Morgan fingerprint density at radius 2 is 1.84 bits per heavy atom. The fourth-order valence-electron chi connectivity index (χ4n) is 4.80. The van der Waals surface area contributed by atoms with Crippen LogP contribution in [0.15, 0.2) is 42.7 Å². The first-order valence-corrected chi connectivity index (χ1v) is 13.0. The summed E-state index contributed by atoms with van der Waals surface area (Å²) in [5, 5.41) is 3.90. The van der Waals surface area contributed by atoms with E-state index in [1.165, 1.54) is 12.0 Å². The SMILES string of the molecule is CCCc1cnc2c(C)cccc2c1OCCCCCCN1C(=O)NC(C)(c2ccc(OC)nc2)C1=O. The zero-order valence-corrected chi connectivity index (χ0v) is 22.2. The van der Waals surface area contributed by atoms with Gasteiger partial charge in [0.15, 0.2) is 0 Å². The number of fused-ring (bicyclic) bond motifs is 1. The van der Waals surface area contributed by atoms with E-state index >= 15 is 0 Å². The van der Waals surface area contributed by atoms with Gasteiger partial charge in [-0.1, -0.05) is 38.3 Å². The number of rotatable bonds is 12. The van der Waals surface area contributed by atoms with Crippen LogP contribution in [-0.2, 0) is 16.8 Å². The first-order valence-electron chi connectivity index (χ1n) is 13.0. The van der Waals surface area contributed by atoms with Crippen molar-refractivity contribution in [3.05, 3.63) is 59.4 Å². The quantitative estimate of drug-likeness (QED) is 0.266. The molecular weight excluding hydrogens is 468 g/mol. The lowest BCUT2D eigenvalue weighted by atomic mass is 9.93. The van der Waals surface area contributed by atoms with Gasteiger partial charge in [0, 0.05) is 41.5 Å². The number of nitrogens with zero attached hydrogens (tertiary/aromatic N) is 3. The lowest BCUT2D eigenvalue weighted by Crippen LogP contribution is -2.41. The number of nitrogens with one attached hydrogen (secondary N) is 1. The molecule has 8 nitrogen and oxygen atoms in total. The summed E-state index contributed by atoms with van der Waals surface area (Å²) in [7, 11) is 1.53. The van der Waals surface area contributed by atoms with Gasteiger partial charge in [0.2, 0.25) is 5.88 Å². The fraction of sp³-hybridized carbons (Fsp3) is 0.448. The molecule has 0 aliphatic carbocycles. The number of carbonyl (C=O) groups is 2. The van der Waals surface area contributed by atoms with Crippen molar-refractivity contribution in [3.8, 4) is 11.6 Å². The number of unbranched alkanes of at least 4 members (excludes halogenated alkanes) is 3. The maximum Gasteiger partial charge on any atom is 0.325 e. The summed E-state index contributed by atoms with van der Waals surface area (Å²) in [6, 6.07) is 9.28. The second-order valence-corrected chi connectivity index (χ2v) is 9.70. The van der Waals surface area contributed by atoms with Crippen LogP contribution in [0.5, 0.6) is 11.6 Å². The predicted octanol–water partition coefficient (Wildman–Crippen LogP) is 5.31. The van der Waals surface area contributed by atoms with Crippen LogP contribution in [0.25, 0.3) is 10.9 Å². The molecule has 196 valence electrons. The van der Waals surface area contributed by atoms with E-state index in [2.05, 4.69) is 41.3 Å². The number of para-hydroxylation sites is 1. The molecule has 1 aliphatic rings. The van der Waals surface area contributed by atoms with Gasteiger partial charge in [-0.05, 0) is 50.8 Å². The zero-order valence-electron chi connectivity index (χ0n) is 22.2. The standard InChI is InChI=1S/C29H36N4O4/c1-5-11-21-18-31-25-20(2)12-10-13-23(25)26(21)37-17-9-7-6-8-16-33-27(34)29(3,32-28(33)35)22-14-15-24(36-4)30-19-22/h10,12-15,18-19H,5-9,11,16-17H2,1-4H3,(H,32,35). The minimum atomic E-state index is -1.12. The van der Waals surface area contributed by atoms with Gasteiger partial charge in [-0.15, -0.1) is 0 Å². The molecule has 2 aromatic heterocycles. The van der Waals surface area contributed by atoms with Crippen LogP contribution in [0.1, 0.15) is 62.6 Å². The molecule has 1 unspecified atom stereocenters. The van der Waals surface area contributed by atoms with Gasteiger partial charge < -0.3 is 14.8 Å². The number of imide groups is 1. The van der Waals surface area contributed by atoms with Gasteiger partial charge in [0.1, 0.15) is 11.3 Å². The average Bonchev–Trinajstić information content (AvgIpc) is 3.12. The van der Waals surface area contributed by atoms with Gasteiger partial charge in [-0.25, -0.2) is 9.78 Å². The van der Waals surface area contributed by atoms with Crippen molar-refractivity contribution in [2.75, 3.05) is 20.3 Å². The number of hydrogen-bond donors (Lipinski definition) is 1. The molecule has 0 radical (unpaired) electrons. The molecule has 4 rings (SSSR count). The highest BCUT2D eigenvalue weighted by Gasteiger charge is 2.48. The van der Waals surface area contributed by atoms with Crippen molar-refractivity contribution >= 4 is 22.8 Å². The van der Waals surface area contributed by atoms with Crippen LogP contribution >= 0.6 is 0 Å². The number of amides is 3. The van der Waals surface area contributed by atoms with E-state index < -0.39 is 5.54 Å². The molecule has 1 aliphatic heterocycles. The van der Waals surface area contributed by atoms with Crippen molar-refractivity contribution in [1.82, 2.24) is 20.2 Å². The Kier molecular flexibility index (Phi) is 8.26. The highest BCUT2D eigenvalue weighted by Crippen LogP contribution is 2.32. The van der Waals surface area contributed by atoms with Crippen molar-refractivity contribution < 1.29 is 19.1 Å². The van der Waals surface area contributed by atoms with Gasteiger partial charge in [0.25, 0.3) is 5.91 Å². The molecule has 1 atom stereocenters. The molecule has 3 aromatic rings. The molecule has 1 N–H and O–H groups in total. The summed E-state index contributed by atoms with van der Waals surface area (Å²) in [5.74, 6) is 1.15. The van der Waals surface area contributed by atoms with Crippen molar-refractivity contribution in [1.29, 1.82) is 0 Å². The maximum absolute atomic E-state index is 13.1. The van der Waals surface area contributed by atoms with Crippen LogP contribution in [0, 0.1) is 6.92 Å². The summed E-state index contributed by atoms with van der Waals surface area (Å²) in [6.07, 6.45) is 8.98. The normalized spacial score (nSPS) is 17.4. The molecule has 1 aromatic carbocycles. The third-order valence-electron chi connectivity index (χ3n) is 6.96. The minimum absolute atomic E-state index is 0.254. The lowest BCUT2D eigenvalue weighted by Gasteiger charge is -2.22. The number of aromatic nitrogens is 2. The largest absolute Gasteiger partial charge is 0.493 e. The molecule has 0 bridgehead atoms. The number of ether oxygens (including phenoxy) is 2. The van der Waals surface area contributed by atoms with E-state index in [9.17, 15) is 9.59 Å². The highest BCUT2D eigenvalue weighted by atomic mass is 16.5. The third-order valence-corrected chi connectivity index (χ3v) is 6.96. The number of benzene rings is 1. The number of pyridine rings is 2. The van der Waals surface area contributed by atoms with E-state index in [0.29, 0.717) is 24.6 Å². The molecule has 0 saturated carbocycles. The van der Waals surface area contributed by atoms with Crippen LogP contribution < -0.4 is 14.8 Å². The molecule has 3 amide bonds. The molecule has 8 heteroatoms. The molecule has 3 heterocycles. The summed E-state index contributed by atoms with van der Waals surface area (Å²) < 4.78 is 11.4. The Hall–Kier alpha value is -3.68. The molecule has 37 heavy (non-hydrogen) atoms. The lowest BCUT2D eigenvalue weighted by molar-refractivity contribution is -0.131. The summed E-state index contributed by atoms with van der Waals surface area (Å²) >= 11 is 0. The highest BCUT2D eigenvalue weighted by molar-refractivity contribution is 6.07. The van der Waals surface area contributed by atoms with Gasteiger partial charge in [0.05, 0.1) is 19.2 Å². The fourth-order valence-corrected chi connectivity index (χ4v) is 4.80. The second kappa shape index (κ2) is 11.6. The Morgan fingerprint density at radius 3 is 2.57 bits per heavy atom. The van der Waals surface area contributed by atoms with Crippen LogP contribution in [0.2, 0.25) is 0 Å². The van der Waals surface area contributed by atoms with E-state index in [-0.39, 0.29) is 11.9 Å². The monoisotopic (exact) mass is 504 g/mol. The van der Waals surface area contributed by atoms with Crippen LogP contribution in [0.3, 0.4) is 0 Å². The van der Waals surface area contributed by atoms with E-state index in [0.717, 1.165) is 66.3 Å². The Labute approximate surface area is 218 Å². The Balaban J connectivity index is 1.26. The number of methoxy groups -OCH3 is 1. The van der Waals surface area contributed by atoms with E-state index in [1.54, 1.807) is 25.3 Å². The van der Waals surface area contributed by atoms with Crippen LogP contribution in [0.4, 0.5) is 4.79 Å². The predicted molar refractivity (Wildman–Crippen MR) is 143 cm³/mol. The first-order chi connectivity index (χ1) is 17.9. The average molecular weight is 505 g/mol. The number of hydrogen-bond acceptors (Lipinski definition) is 6. The number of carbonyl (C=O) groups excluding carboxylic acids is 2. The molecule has 1 fully saturated rings. The number of aryl methyl sites for hydroxylation is 2. The van der Waals surface area contributed by atoms with Crippen LogP contribution in [-0.4, -0.2) is 47.1 Å². The molecular formula is C29H36N4O4. The van der Waals surface area contributed by atoms with Crippen molar-refractivity contribution in [3.63, 3.8) is 0 Å².